The predicted octanol–water partition coefficient (Wildman–Crippen LogP) is 1.26. The number of fused-ring (bicyclic) bond motifs is 1. The lowest BCUT2D eigenvalue weighted by Crippen LogP contribution is -2.33. The Balaban J connectivity index is 2.16. The summed E-state index contributed by atoms with van der Waals surface area (Å²) in [6, 6.07) is 5.06. The van der Waals surface area contributed by atoms with E-state index in [9.17, 15) is 9.59 Å². The van der Waals surface area contributed by atoms with Crippen molar-refractivity contribution in [3.8, 4) is 0 Å². The summed E-state index contributed by atoms with van der Waals surface area (Å²) in [6.45, 7) is 1.94. The molecular formula is C14H15N3O3. The van der Waals surface area contributed by atoms with Gasteiger partial charge in [-0.3, -0.25) is 19.6 Å². The van der Waals surface area contributed by atoms with Gasteiger partial charge < -0.3 is 9.64 Å². The first kappa shape index (κ1) is 13.9. The number of amides is 1. The minimum absolute atomic E-state index is 0.0782. The lowest BCUT2D eigenvalue weighted by atomic mass is 10.1. The molecule has 0 radical (unpaired) electrons. The van der Waals surface area contributed by atoms with E-state index >= 15 is 0 Å². The van der Waals surface area contributed by atoms with Crippen molar-refractivity contribution in [3.05, 3.63) is 36.2 Å². The van der Waals surface area contributed by atoms with Crippen molar-refractivity contribution in [2.75, 3.05) is 20.2 Å². The molecule has 0 spiro atoms. The van der Waals surface area contributed by atoms with Gasteiger partial charge in [0.15, 0.2) is 0 Å². The van der Waals surface area contributed by atoms with Crippen molar-refractivity contribution in [1.82, 2.24) is 14.9 Å². The summed E-state index contributed by atoms with van der Waals surface area (Å²) in [5, 5.41) is 0. The second kappa shape index (κ2) is 6.10. The zero-order valence-electron chi connectivity index (χ0n) is 11.4. The van der Waals surface area contributed by atoms with Crippen molar-refractivity contribution < 1.29 is 14.3 Å². The van der Waals surface area contributed by atoms with Crippen LogP contribution < -0.4 is 0 Å². The topological polar surface area (TPSA) is 72.4 Å². The first-order chi connectivity index (χ1) is 9.61. The van der Waals surface area contributed by atoms with Crippen LogP contribution >= 0.6 is 0 Å². The van der Waals surface area contributed by atoms with Gasteiger partial charge in [0.1, 0.15) is 6.54 Å². The van der Waals surface area contributed by atoms with Crippen LogP contribution in [0.3, 0.4) is 0 Å². The predicted molar refractivity (Wildman–Crippen MR) is 73.1 cm³/mol. The Labute approximate surface area is 116 Å². The molecular weight excluding hydrogens is 258 g/mol. The highest BCUT2D eigenvalue weighted by molar-refractivity contribution is 5.98. The molecule has 1 heterocycles. The van der Waals surface area contributed by atoms with Gasteiger partial charge in [0, 0.05) is 25.0 Å². The molecule has 0 atom stereocenters. The molecule has 0 saturated heterocycles. The largest absolute Gasteiger partial charge is 0.465 e. The molecule has 0 saturated carbocycles. The maximum absolute atomic E-state index is 12.2. The van der Waals surface area contributed by atoms with Crippen LogP contribution in [-0.2, 0) is 9.53 Å². The number of carbonyl (C=O) groups excluding carboxylic acids is 2. The molecule has 0 aliphatic carbocycles. The van der Waals surface area contributed by atoms with Gasteiger partial charge in [0.2, 0.25) is 0 Å². The number of likely N-dealkylation sites (N-methyl/N-ethyl adjacent to an activating group) is 1. The average molecular weight is 273 g/mol. The van der Waals surface area contributed by atoms with Crippen LogP contribution in [-0.4, -0.2) is 46.9 Å². The summed E-state index contributed by atoms with van der Waals surface area (Å²) < 4.78 is 4.81. The fraction of sp³-hybridized carbons (Fsp3) is 0.286. The number of aromatic nitrogens is 2. The number of esters is 1. The van der Waals surface area contributed by atoms with Crippen LogP contribution in [0.15, 0.2) is 30.6 Å². The minimum Gasteiger partial charge on any atom is -0.465 e. The molecule has 1 aromatic heterocycles. The fourth-order valence-corrected chi connectivity index (χ4v) is 1.79. The van der Waals surface area contributed by atoms with E-state index in [0.717, 1.165) is 5.52 Å². The highest BCUT2D eigenvalue weighted by atomic mass is 16.5. The van der Waals surface area contributed by atoms with Gasteiger partial charge in [-0.25, -0.2) is 0 Å². The molecule has 1 aromatic carbocycles. The molecule has 6 nitrogen and oxygen atoms in total. The number of ether oxygens (including phenoxy) is 1. The summed E-state index contributed by atoms with van der Waals surface area (Å²) in [7, 11) is 1.56. The van der Waals surface area contributed by atoms with Crippen LogP contribution in [0.1, 0.15) is 17.3 Å². The second-order valence-corrected chi connectivity index (χ2v) is 4.23. The zero-order chi connectivity index (χ0) is 14.5. The van der Waals surface area contributed by atoms with Crippen LogP contribution in [0.4, 0.5) is 0 Å². The quantitative estimate of drug-likeness (QED) is 0.784. The molecule has 2 aromatic rings. The third kappa shape index (κ3) is 3.09. The Morgan fingerprint density at radius 3 is 2.60 bits per heavy atom. The molecule has 6 heteroatoms. The van der Waals surface area contributed by atoms with E-state index in [-0.39, 0.29) is 12.5 Å². The van der Waals surface area contributed by atoms with Gasteiger partial charge in [-0.05, 0) is 25.1 Å². The van der Waals surface area contributed by atoms with Gasteiger partial charge in [0.05, 0.1) is 17.6 Å². The van der Waals surface area contributed by atoms with E-state index in [4.69, 9.17) is 4.74 Å². The molecule has 0 fully saturated rings. The van der Waals surface area contributed by atoms with E-state index in [1.54, 1.807) is 44.6 Å². The van der Waals surface area contributed by atoms with E-state index in [0.29, 0.717) is 17.7 Å². The van der Waals surface area contributed by atoms with E-state index in [1.165, 1.54) is 4.90 Å². The summed E-state index contributed by atoms with van der Waals surface area (Å²) in [5.74, 6) is -0.686. The summed E-state index contributed by atoms with van der Waals surface area (Å²) >= 11 is 0. The monoisotopic (exact) mass is 273 g/mol. The second-order valence-electron chi connectivity index (χ2n) is 4.23. The molecule has 0 unspecified atom stereocenters. The third-order valence-electron chi connectivity index (χ3n) is 2.73. The molecule has 1 amide bonds. The number of carbonyl (C=O) groups is 2. The normalized spacial score (nSPS) is 10.3. The molecule has 0 bridgehead atoms. The highest BCUT2D eigenvalue weighted by Crippen LogP contribution is 2.12. The van der Waals surface area contributed by atoms with Crippen molar-refractivity contribution in [3.63, 3.8) is 0 Å². The van der Waals surface area contributed by atoms with Gasteiger partial charge >= 0.3 is 5.97 Å². The van der Waals surface area contributed by atoms with Crippen LogP contribution in [0.5, 0.6) is 0 Å². The van der Waals surface area contributed by atoms with Crippen molar-refractivity contribution in [1.29, 1.82) is 0 Å². The molecule has 2 rings (SSSR count). The summed E-state index contributed by atoms with van der Waals surface area (Å²) in [6.07, 6.45) is 3.16. The lowest BCUT2D eigenvalue weighted by Gasteiger charge is -2.16. The van der Waals surface area contributed by atoms with E-state index < -0.39 is 5.97 Å². The molecule has 20 heavy (non-hydrogen) atoms. The van der Waals surface area contributed by atoms with Crippen LogP contribution in [0.25, 0.3) is 11.0 Å². The number of hydrogen-bond donors (Lipinski definition) is 0. The standard InChI is InChI=1S/C14H15N3O3/c1-3-20-13(18)9-17(2)14(19)10-4-5-11-12(8-10)16-7-6-15-11/h4-8H,3,9H2,1-2H3. The molecule has 104 valence electrons. The Bertz CT molecular complexity index is 642. The minimum atomic E-state index is -0.427. The Hall–Kier alpha value is -2.50. The van der Waals surface area contributed by atoms with Crippen molar-refractivity contribution in [2.45, 2.75) is 6.92 Å². The maximum atomic E-state index is 12.2. The summed E-state index contributed by atoms with van der Waals surface area (Å²) in [4.78, 5) is 33.2. The van der Waals surface area contributed by atoms with Crippen molar-refractivity contribution in [2.24, 2.45) is 0 Å². The first-order valence-electron chi connectivity index (χ1n) is 6.23. The van der Waals surface area contributed by atoms with Crippen LogP contribution in [0, 0.1) is 0 Å². The Morgan fingerprint density at radius 1 is 1.20 bits per heavy atom. The Kier molecular flexibility index (Phi) is 4.24. The fourth-order valence-electron chi connectivity index (χ4n) is 1.79. The van der Waals surface area contributed by atoms with Crippen LogP contribution in [0.2, 0.25) is 0 Å². The number of nitrogens with zero attached hydrogens (tertiary/aromatic N) is 3. The summed E-state index contributed by atoms with van der Waals surface area (Å²) in [5.41, 5.74) is 1.82. The SMILES string of the molecule is CCOC(=O)CN(C)C(=O)c1ccc2nccnc2c1. The Morgan fingerprint density at radius 2 is 1.90 bits per heavy atom. The molecule has 0 aliphatic heterocycles. The number of rotatable bonds is 4. The number of hydrogen-bond acceptors (Lipinski definition) is 5. The van der Waals surface area contributed by atoms with Crippen molar-refractivity contribution >= 4 is 22.9 Å². The third-order valence-corrected chi connectivity index (χ3v) is 2.73. The van der Waals surface area contributed by atoms with Gasteiger partial charge in [-0.15, -0.1) is 0 Å². The maximum Gasteiger partial charge on any atom is 0.325 e. The first-order valence-corrected chi connectivity index (χ1v) is 6.23. The average Bonchev–Trinajstić information content (AvgIpc) is 2.46. The molecule has 0 N–H and O–H groups in total. The lowest BCUT2D eigenvalue weighted by molar-refractivity contribution is -0.143. The van der Waals surface area contributed by atoms with Gasteiger partial charge in [-0.2, -0.15) is 0 Å². The highest BCUT2D eigenvalue weighted by Gasteiger charge is 2.16. The molecule has 0 aliphatic rings. The zero-order valence-corrected chi connectivity index (χ0v) is 11.4. The number of benzene rings is 1. The van der Waals surface area contributed by atoms with E-state index in [2.05, 4.69) is 9.97 Å². The smallest absolute Gasteiger partial charge is 0.325 e. The van der Waals surface area contributed by atoms with E-state index in [1.807, 2.05) is 0 Å². The van der Waals surface area contributed by atoms with Gasteiger partial charge in [0.25, 0.3) is 5.91 Å². The van der Waals surface area contributed by atoms with Gasteiger partial charge in [-0.1, -0.05) is 0 Å².